The quantitative estimate of drug-likeness (QED) is 0.790. The SMILES string of the molecule is CCCC(C(=O)Nc1ccc(Br)cn1)n1cc(Br)c(C#N)n1. The maximum atomic E-state index is 12.5. The maximum absolute atomic E-state index is 12.5. The molecule has 2 rings (SSSR count). The van der Waals surface area contributed by atoms with Crippen LogP contribution in [0.5, 0.6) is 0 Å². The number of carbonyl (C=O) groups is 1. The summed E-state index contributed by atoms with van der Waals surface area (Å²) in [5.74, 6) is 0.261. The van der Waals surface area contributed by atoms with Crippen LogP contribution in [0, 0.1) is 11.3 Å². The monoisotopic (exact) mass is 425 g/mol. The first-order valence-electron chi connectivity index (χ1n) is 6.62. The fourth-order valence-electron chi connectivity index (χ4n) is 1.92. The highest BCUT2D eigenvalue weighted by Gasteiger charge is 2.22. The molecule has 0 aromatic carbocycles. The van der Waals surface area contributed by atoms with Gasteiger partial charge < -0.3 is 5.32 Å². The number of hydrogen-bond acceptors (Lipinski definition) is 4. The molecular weight excluding hydrogens is 414 g/mol. The number of nitriles is 1. The number of carbonyl (C=O) groups excluding carboxylic acids is 1. The third-order valence-electron chi connectivity index (χ3n) is 2.96. The second-order valence-corrected chi connectivity index (χ2v) is 6.34. The van der Waals surface area contributed by atoms with Crippen LogP contribution < -0.4 is 5.32 Å². The molecule has 0 aliphatic rings. The largest absolute Gasteiger partial charge is 0.309 e. The minimum atomic E-state index is -0.492. The normalized spacial score (nSPS) is 11.7. The van der Waals surface area contributed by atoms with Crippen LogP contribution in [0.25, 0.3) is 0 Å². The highest BCUT2D eigenvalue weighted by atomic mass is 79.9. The first-order chi connectivity index (χ1) is 10.5. The van der Waals surface area contributed by atoms with Crippen molar-refractivity contribution < 1.29 is 4.79 Å². The molecule has 2 aromatic heterocycles. The van der Waals surface area contributed by atoms with Gasteiger partial charge in [0.2, 0.25) is 5.91 Å². The van der Waals surface area contributed by atoms with E-state index in [-0.39, 0.29) is 11.6 Å². The zero-order valence-corrected chi connectivity index (χ0v) is 14.9. The number of nitrogens with one attached hydrogen (secondary N) is 1. The molecule has 0 saturated carbocycles. The van der Waals surface area contributed by atoms with E-state index < -0.39 is 6.04 Å². The van der Waals surface area contributed by atoms with Crippen LogP contribution in [-0.4, -0.2) is 20.7 Å². The maximum Gasteiger partial charge on any atom is 0.250 e. The Hall–Kier alpha value is -1.72. The molecule has 0 radical (unpaired) electrons. The molecule has 0 aliphatic heterocycles. The third-order valence-corrected chi connectivity index (χ3v) is 4.01. The average Bonchev–Trinajstić information content (AvgIpc) is 2.87. The zero-order valence-electron chi connectivity index (χ0n) is 11.8. The van der Waals surface area contributed by atoms with Crippen molar-refractivity contribution in [2.24, 2.45) is 0 Å². The Kier molecular flexibility index (Phi) is 5.69. The lowest BCUT2D eigenvalue weighted by Gasteiger charge is -2.16. The Balaban J connectivity index is 2.21. The van der Waals surface area contributed by atoms with Crippen LogP contribution in [0.1, 0.15) is 31.5 Å². The molecule has 0 aliphatic carbocycles. The first kappa shape index (κ1) is 16.6. The van der Waals surface area contributed by atoms with Crippen LogP contribution in [0.3, 0.4) is 0 Å². The van der Waals surface area contributed by atoms with Gasteiger partial charge >= 0.3 is 0 Å². The van der Waals surface area contributed by atoms with Gasteiger partial charge in [-0.3, -0.25) is 9.48 Å². The second kappa shape index (κ2) is 7.51. The van der Waals surface area contributed by atoms with Crippen LogP contribution in [0.15, 0.2) is 33.5 Å². The average molecular weight is 427 g/mol. The van der Waals surface area contributed by atoms with E-state index in [4.69, 9.17) is 5.26 Å². The number of rotatable bonds is 5. The summed E-state index contributed by atoms with van der Waals surface area (Å²) in [6, 6.07) is 5.00. The molecule has 8 heteroatoms. The molecule has 0 fully saturated rings. The van der Waals surface area contributed by atoms with Gasteiger partial charge in [-0.15, -0.1) is 0 Å². The molecule has 2 heterocycles. The molecule has 1 N–H and O–H groups in total. The summed E-state index contributed by atoms with van der Waals surface area (Å²) in [5, 5.41) is 15.9. The van der Waals surface area contributed by atoms with Gasteiger partial charge in [-0.25, -0.2) is 4.98 Å². The zero-order chi connectivity index (χ0) is 16.1. The van der Waals surface area contributed by atoms with E-state index >= 15 is 0 Å². The number of anilines is 1. The van der Waals surface area contributed by atoms with E-state index in [1.165, 1.54) is 4.68 Å². The van der Waals surface area contributed by atoms with Crippen molar-refractivity contribution >= 4 is 43.6 Å². The lowest BCUT2D eigenvalue weighted by Crippen LogP contribution is -2.26. The molecular formula is C14H13Br2N5O. The topological polar surface area (TPSA) is 83.6 Å². The predicted molar refractivity (Wildman–Crippen MR) is 89.2 cm³/mol. The van der Waals surface area contributed by atoms with Crippen molar-refractivity contribution in [3.63, 3.8) is 0 Å². The Morgan fingerprint density at radius 1 is 1.50 bits per heavy atom. The minimum Gasteiger partial charge on any atom is -0.309 e. The highest BCUT2D eigenvalue weighted by molar-refractivity contribution is 9.10. The van der Waals surface area contributed by atoms with Gasteiger partial charge in [0.05, 0.1) is 4.47 Å². The van der Waals surface area contributed by atoms with Crippen LogP contribution in [-0.2, 0) is 4.79 Å². The van der Waals surface area contributed by atoms with E-state index in [1.807, 2.05) is 13.0 Å². The number of amides is 1. The smallest absolute Gasteiger partial charge is 0.250 e. The van der Waals surface area contributed by atoms with Gasteiger partial charge in [-0.1, -0.05) is 13.3 Å². The molecule has 0 spiro atoms. The molecule has 1 amide bonds. The van der Waals surface area contributed by atoms with Gasteiger partial charge in [-0.05, 0) is 50.4 Å². The highest BCUT2D eigenvalue weighted by Crippen LogP contribution is 2.21. The lowest BCUT2D eigenvalue weighted by molar-refractivity contribution is -0.119. The summed E-state index contributed by atoms with van der Waals surface area (Å²) in [7, 11) is 0. The minimum absolute atomic E-state index is 0.212. The summed E-state index contributed by atoms with van der Waals surface area (Å²) in [6.45, 7) is 1.99. The van der Waals surface area contributed by atoms with Crippen LogP contribution in [0.2, 0.25) is 0 Å². The molecule has 0 saturated heterocycles. The number of nitrogens with zero attached hydrogens (tertiary/aromatic N) is 4. The van der Waals surface area contributed by atoms with Crippen molar-refractivity contribution in [2.45, 2.75) is 25.8 Å². The van der Waals surface area contributed by atoms with Gasteiger partial charge in [0, 0.05) is 16.9 Å². The molecule has 114 valence electrons. The predicted octanol–water partition coefficient (Wildman–Crippen LogP) is 3.65. The Morgan fingerprint density at radius 2 is 2.27 bits per heavy atom. The summed E-state index contributed by atoms with van der Waals surface area (Å²) < 4.78 is 2.93. The number of aromatic nitrogens is 3. The molecule has 0 bridgehead atoms. The van der Waals surface area contributed by atoms with E-state index in [0.717, 1.165) is 10.9 Å². The van der Waals surface area contributed by atoms with Gasteiger partial charge in [0.15, 0.2) is 5.69 Å². The number of pyridine rings is 1. The van der Waals surface area contributed by atoms with Crippen molar-refractivity contribution in [3.05, 3.63) is 39.2 Å². The van der Waals surface area contributed by atoms with Gasteiger partial charge in [0.1, 0.15) is 17.9 Å². The van der Waals surface area contributed by atoms with E-state index in [2.05, 4.69) is 47.3 Å². The van der Waals surface area contributed by atoms with Crippen molar-refractivity contribution in [1.29, 1.82) is 5.26 Å². The third kappa shape index (κ3) is 3.93. The Labute approximate surface area is 144 Å². The standard InChI is InChI=1S/C14H13Br2N5O/c1-2-3-12(21-8-10(16)11(6-17)20-21)14(22)19-13-5-4-9(15)7-18-13/h4-5,7-8,12H,2-3H2,1H3,(H,18,19,22). The van der Waals surface area contributed by atoms with Gasteiger partial charge in [-0.2, -0.15) is 10.4 Å². The Morgan fingerprint density at radius 3 is 2.82 bits per heavy atom. The van der Waals surface area contributed by atoms with Crippen molar-refractivity contribution in [1.82, 2.24) is 14.8 Å². The van der Waals surface area contributed by atoms with E-state index in [0.29, 0.717) is 16.7 Å². The Bertz CT molecular complexity index is 705. The fourth-order valence-corrected chi connectivity index (χ4v) is 2.53. The molecule has 1 unspecified atom stereocenters. The van der Waals surface area contributed by atoms with Crippen LogP contribution in [0.4, 0.5) is 5.82 Å². The summed E-state index contributed by atoms with van der Waals surface area (Å²) in [5.41, 5.74) is 0.260. The summed E-state index contributed by atoms with van der Waals surface area (Å²) in [4.78, 5) is 16.6. The number of hydrogen-bond donors (Lipinski definition) is 1. The van der Waals surface area contributed by atoms with E-state index in [9.17, 15) is 4.79 Å². The van der Waals surface area contributed by atoms with Crippen molar-refractivity contribution in [3.8, 4) is 6.07 Å². The molecule has 2 aromatic rings. The number of halogens is 2. The van der Waals surface area contributed by atoms with Crippen molar-refractivity contribution in [2.75, 3.05) is 5.32 Å². The van der Waals surface area contributed by atoms with E-state index in [1.54, 1.807) is 24.5 Å². The summed E-state index contributed by atoms with van der Waals surface area (Å²) in [6.07, 6.45) is 4.68. The molecule has 1 atom stereocenters. The molecule has 6 nitrogen and oxygen atoms in total. The first-order valence-corrected chi connectivity index (χ1v) is 8.21. The lowest BCUT2D eigenvalue weighted by atomic mass is 10.1. The van der Waals surface area contributed by atoms with Crippen LogP contribution >= 0.6 is 31.9 Å². The van der Waals surface area contributed by atoms with Gasteiger partial charge in [0.25, 0.3) is 0 Å². The summed E-state index contributed by atoms with van der Waals surface area (Å²) >= 11 is 6.56. The second-order valence-electron chi connectivity index (χ2n) is 4.57. The fraction of sp³-hybridized carbons (Fsp3) is 0.286. The molecule has 22 heavy (non-hydrogen) atoms.